The Kier molecular flexibility index (Phi) is 17.5. The van der Waals surface area contributed by atoms with Gasteiger partial charge in [-0.25, -0.2) is 0 Å². The van der Waals surface area contributed by atoms with E-state index < -0.39 is 78.5 Å². The number of unbranched alkanes of at least 4 members (excludes halogenated alkanes) is 2. The Morgan fingerprint density at radius 3 is 2.13 bits per heavy atom. The third kappa shape index (κ3) is 11.9. The molecule has 4 saturated carbocycles. The number of benzene rings is 1. The molecule has 63 heavy (non-hydrogen) atoms. The maximum Gasteiger partial charge on any atom is 0.481 e. The highest BCUT2D eigenvalue weighted by Gasteiger charge is 2.68. The highest BCUT2D eigenvalue weighted by Crippen LogP contribution is 2.65. The molecule has 352 valence electrons. The molecule has 16 nitrogen and oxygen atoms in total. The number of anilines is 1. The lowest BCUT2D eigenvalue weighted by atomic mass is 9.43. The predicted molar refractivity (Wildman–Crippen MR) is 244 cm³/mol. The minimum absolute atomic E-state index is 0.0434. The second kappa shape index (κ2) is 21.9. The van der Waals surface area contributed by atoms with Gasteiger partial charge in [-0.15, -0.1) is 0 Å². The number of aliphatic hydroxyl groups excluding tert-OH is 1. The predicted octanol–water partition coefficient (Wildman–Crippen LogP) is 2.94. The molecule has 1 aromatic rings. The summed E-state index contributed by atoms with van der Waals surface area (Å²) in [4.78, 5) is 67.8. The van der Waals surface area contributed by atoms with E-state index in [1.807, 2.05) is 13.0 Å². The lowest BCUT2D eigenvalue weighted by Gasteiger charge is -2.64. The molecule has 1 saturated heterocycles. The minimum atomic E-state index is -1.49. The number of nitrogens with one attached hydrogen (secondary N) is 5. The summed E-state index contributed by atoms with van der Waals surface area (Å²) in [5, 5.41) is 24.2. The van der Waals surface area contributed by atoms with Crippen LogP contribution in [0.3, 0.4) is 0 Å². The van der Waals surface area contributed by atoms with Crippen molar-refractivity contribution < 1.29 is 38.4 Å². The first-order valence-corrected chi connectivity index (χ1v) is 23.7. The summed E-state index contributed by atoms with van der Waals surface area (Å²) >= 11 is 0. The Balaban J connectivity index is 1.14. The Morgan fingerprint density at radius 1 is 0.825 bits per heavy atom. The van der Waals surface area contributed by atoms with Crippen LogP contribution in [0.1, 0.15) is 154 Å². The molecule has 1 aliphatic heterocycles. The van der Waals surface area contributed by atoms with Crippen LogP contribution in [0.5, 0.6) is 0 Å². The molecular weight excluding hydrogens is 803 g/mol. The van der Waals surface area contributed by atoms with E-state index in [1.54, 1.807) is 12.1 Å². The largest absolute Gasteiger partial charge is 0.481 e. The summed E-state index contributed by atoms with van der Waals surface area (Å²) in [6.45, 7) is 13.9. The first-order valence-electron chi connectivity index (χ1n) is 23.7. The number of aliphatic hydroxyl groups is 1. The number of nitrogen functional groups attached to an aromatic ring is 1. The summed E-state index contributed by atoms with van der Waals surface area (Å²) in [5.74, 6) is -1.68. The molecular formula is C46H77BN8O8. The Morgan fingerprint density at radius 2 is 1.51 bits per heavy atom. The van der Waals surface area contributed by atoms with Crippen molar-refractivity contribution in [1.82, 2.24) is 26.6 Å². The molecule has 12 N–H and O–H groups in total. The summed E-state index contributed by atoms with van der Waals surface area (Å²) in [7, 11) is -0.650. The van der Waals surface area contributed by atoms with E-state index in [0.29, 0.717) is 49.2 Å². The van der Waals surface area contributed by atoms with Crippen molar-refractivity contribution in [2.24, 2.45) is 34.6 Å². The smallest absolute Gasteiger partial charge is 0.404 e. The molecule has 5 fully saturated rings. The molecule has 5 aliphatic rings. The molecule has 0 spiro atoms. The lowest BCUT2D eigenvalue weighted by Crippen LogP contribution is -2.65. The van der Waals surface area contributed by atoms with Crippen LogP contribution in [0, 0.1) is 23.2 Å². The highest BCUT2D eigenvalue weighted by atomic mass is 16.7. The number of rotatable bonds is 22. The second-order valence-corrected chi connectivity index (χ2v) is 19.7. The fourth-order valence-electron chi connectivity index (χ4n) is 10.6. The van der Waals surface area contributed by atoms with Crippen molar-refractivity contribution in [3.05, 3.63) is 29.3 Å². The SMILES string of the molecule is CCCCC1CCC(c2ccc(C(=O)N[C@@H](CCN)C(=O)N[C@H](C(=O)N[C@@H](C)C(=O)N[C@@H](CCCCN)C(=O)N[C@@H](C)B3OC4C[C@@H]5C[C@@H](C5(C)C)[C@]4(C)O3)[C@@H](C)O)cc2N)CC1. The minimum Gasteiger partial charge on any atom is -0.404 e. The van der Waals surface area contributed by atoms with Crippen LogP contribution in [0.2, 0.25) is 0 Å². The molecule has 0 aromatic heterocycles. The Hall–Kier alpha value is -3.77. The van der Waals surface area contributed by atoms with Crippen LogP contribution < -0.4 is 43.8 Å². The van der Waals surface area contributed by atoms with Gasteiger partial charge in [-0.1, -0.05) is 46.1 Å². The van der Waals surface area contributed by atoms with Gasteiger partial charge in [-0.2, -0.15) is 0 Å². The van der Waals surface area contributed by atoms with Crippen molar-refractivity contribution in [2.45, 2.75) is 186 Å². The number of hydrogen-bond acceptors (Lipinski definition) is 11. The molecule has 1 heterocycles. The summed E-state index contributed by atoms with van der Waals surface area (Å²) in [5.41, 5.74) is 19.6. The van der Waals surface area contributed by atoms with Gasteiger partial charge in [0.15, 0.2) is 0 Å². The molecule has 1 unspecified atom stereocenters. The fraction of sp³-hybridized carbons (Fsp3) is 0.761. The molecule has 6 rings (SSSR count). The normalized spacial score (nSPS) is 27.6. The van der Waals surface area contributed by atoms with Crippen molar-refractivity contribution in [3.8, 4) is 0 Å². The lowest BCUT2D eigenvalue weighted by molar-refractivity contribution is -0.199. The van der Waals surface area contributed by atoms with Gasteiger partial charge in [0.2, 0.25) is 23.6 Å². The van der Waals surface area contributed by atoms with Gasteiger partial charge in [0.1, 0.15) is 24.2 Å². The summed E-state index contributed by atoms with van der Waals surface area (Å²) in [6.07, 6.45) is 10.3. The van der Waals surface area contributed by atoms with Crippen LogP contribution in [-0.2, 0) is 28.5 Å². The molecule has 0 radical (unpaired) electrons. The molecule has 2 bridgehead atoms. The van der Waals surface area contributed by atoms with E-state index >= 15 is 0 Å². The quantitative estimate of drug-likeness (QED) is 0.0465. The third-order valence-corrected chi connectivity index (χ3v) is 14.8. The topological polar surface area (TPSA) is 262 Å². The van der Waals surface area contributed by atoms with E-state index in [1.165, 1.54) is 46.0 Å². The highest BCUT2D eigenvalue weighted by molar-refractivity contribution is 6.47. The second-order valence-electron chi connectivity index (χ2n) is 19.7. The van der Waals surface area contributed by atoms with Gasteiger partial charge < -0.3 is 58.2 Å². The van der Waals surface area contributed by atoms with Crippen LogP contribution in [0.15, 0.2) is 18.2 Å². The van der Waals surface area contributed by atoms with Crippen molar-refractivity contribution >= 4 is 42.3 Å². The number of nitrogens with two attached hydrogens (primary N) is 3. The molecule has 17 heteroatoms. The average Bonchev–Trinajstić information content (AvgIpc) is 3.61. The van der Waals surface area contributed by atoms with Gasteiger partial charge >= 0.3 is 7.12 Å². The van der Waals surface area contributed by atoms with Crippen molar-refractivity contribution in [1.29, 1.82) is 0 Å². The number of hydrogen-bond donors (Lipinski definition) is 9. The zero-order valence-electron chi connectivity index (χ0n) is 38.8. The van der Waals surface area contributed by atoms with E-state index in [4.69, 9.17) is 26.5 Å². The molecule has 4 aliphatic carbocycles. The van der Waals surface area contributed by atoms with Crippen molar-refractivity contribution in [2.75, 3.05) is 18.8 Å². The van der Waals surface area contributed by atoms with E-state index in [0.717, 1.165) is 37.2 Å². The molecule has 5 amide bonds. The number of carbonyl (C=O) groups excluding carboxylic acids is 5. The number of amides is 5. The average molecular weight is 881 g/mol. The number of carbonyl (C=O) groups is 5. The van der Waals surface area contributed by atoms with Gasteiger partial charge in [-0.05, 0) is 152 Å². The van der Waals surface area contributed by atoms with E-state index in [-0.39, 0.29) is 30.0 Å². The Bertz CT molecular complexity index is 1760. The maximum atomic E-state index is 13.7. The first kappa shape index (κ1) is 50.2. The zero-order chi connectivity index (χ0) is 46.2. The van der Waals surface area contributed by atoms with Crippen molar-refractivity contribution in [3.63, 3.8) is 0 Å². The zero-order valence-corrected chi connectivity index (χ0v) is 38.8. The standard InChI is InChI=1S/C46H77BN8O8/c1-8-9-12-29-14-16-30(17-15-29)33-19-18-31(23-34(33)50)41(58)54-36(20-22-49)43(60)55-39(27(3)56)44(61)51-26(2)40(57)53-35(13-10-11-21-48)42(59)52-28(4)47-62-38-25-32-24-37(45(32,5)6)46(38,7)63-47/h18-19,23,26-30,32,35-39,56H,8-17,20-22,24-25,48-50H2,1-7H3,(H,51,61)(H,52,59)(H,53,57)(H,54,58)(H,55,60)/t26-,27+,28-,29?,30?,32-,35-,36-,37-,38?,39-,46-/m0/s1. The first-order chi connectivity index (χ1) is 29.8. The van der Waals surface area contributed by atoms with Crippen LogP contribution in [0.25, 0.3) is 0 Å². The van der Waals surface area contributed by atoms with Gasteiger partial charge in [0.25, 0.3) is 5.91 Å². The van der Waals surface area contributed by atoms with Crippen LogP contribution in [-0.4, -0.2) is 103 Å². The van der Waals surface area contributed by atoms with Crippen LogP contribution in [0.4, 0.5) is 5.69 Å². The fourth-order valence-corrected chi connectivity index (χ4v) is 10.6. The molecule has 1 aromatic carbocycles. The van der Waals surface area contributed by atoms with Crippen LogP contribution >= 0.6 is 0 Å². The summed E-state index contributed by atoms with van der Waals surface area (Å²) < 4.78 is 12.9. The van der Waals surface area contributed by atoms with Gasteiger partial charge in [-0.3, -0.25) is 24.0 Å². The van der Waals surface area contributed by atoms with Gasteiger partial charge in [0.05, 0.1) is 23.8 Å². The molecule has 10 atom stereocenters. The maximum absolute atomic E-state index is 13.7. The summed E-state index contributed by atoms with van der Waals surface area (Å²) in [6, 6.07) is 0.481. The van der Waals surface area contributed by atoms with E-state index in [9.17, 15) is 29.1 Å². The van der Waals surface area contributed by atoms with Gasteiger partial charge in [0, 0.05) is 11.3 Å². The Labute approximate surface area is 374 Å². The monoisotopic (exact) mass is 881 g/mol. The third-order valence-electron chi connectivity index (χ3n) is 14.8. The van der Waals surface area contributed by atoms with E-state index in [2.05, 4.69) is 54.3 Å².